The molecule has 2 rings (SSSR count). The highest BCUT2D eigenvalue weighted by atomic mass is 16.6. The van der Waals surface area contributed by atoms with E-state index in [9.17, 15) is 10.1 Å². The van der Waals surface area contributed by atoms with Crippen molar-refractivity contribution in [3.8, 4) is 6.07 Å². The van der Waals surface area contributed by atoms with Crippen molar-refractivity contribution in [3.05, 3.63) is 52.3 Å². The van der Waals surface area contributed by atoms with Crippen LogP contribution >= 0.6 is 0 Å². The molecule has 112 valence electrons. The molecule has 0 saturated carbocycles. The van der Waals surface area contributed by atoms with Gasteiger partial charge in [0.25, 0.3) is 5.69 Å². The third-order valence-electron chi connectivity index (χ3n) is 2.84. The molecule has 0 aliphatic carbocycles. The van der Waals surface area contributed by atoms with Gasteiger partial charge in [0, 0.05) is 31.5 Å². The maximum Gasteiger partial charge on any atom is 0.293 e. The largest absolute Gasteiger partial charge is 0.379 e. The van der Waals surface area contributed by atoms with Gasteiger partial charge < -0.3 is 10.6 Å². The van der Waals surface area contributed by atoms with Gasteiger partial charge in [0.2, 0.25) is 5.95 Å². The monoisotopic (exact) mass is 298 g/mol. The molecular formula is C14H14N6O2. The molecule has 0 bridgehead atoms. The van der Waals surface area contributed by atoms with Crippen molar-refractivity contribution in [2.24, 2.45) is 0 Å². The van der Waals surface area contributed by atoms with Gasteiger partial charge in [-0.2, -0.15) is 5.26 Å². The molecule has 1 heterocycles. The van der Waals surface area contributed by atoms with Crippen LogP contribution in [0.5, 0.6) is 0 Å². The van der Waals surface area contributed by atoms with E-state index in [0.29, 0.717) is 24.7 Å². The standard InChI is InChI=1S/C14H14N6O2/c15-10-11-3-4-12(13(9-11)20(21)22)16-5-1-6-17-14-18-7-2-8-19-14/h2-4,7-9,16H,1,5-6H2,(H,17,18,19). The van der Waals surface area contributed by atoms with E-state index in [-0.39, 0.29) is 11.3 Å². The number of hydrogen-bond donors (Lipinski definition) is 2. The Kier molecular flexibility index (Phi) is 5.20. The van der Waals surface area contributed by atoms with Gasteiger partial charge in [0.15, 0.2) is 0 Å². The van der Waals surface area contributed by atoms with Crippen LogP contribution in [-0.2, 0) is 0 Å². The summed E-state index contributed by atoms with van der Waals surface area (Å²) in [6, 6.07) is 7.98. The van der Waals surface area contributed by atoms with Crippen LogP contribution in [0.4, 0.5) is 17.3 Å². The second kappa shape index (κ2) is 7.54. The lowest BCUT2D eigenvalue weighted by molar-refractivity contribution is -0.384. The van der Waals surface area contributed by atoms with E-state index >= 15 is 0 Å². The first-order valence-electron chi connectivity index (χ1n) is 6.64. The van der Waals surface area contributed by atoms with Crippen LogP contribution in [0, 0.1) is 21.4 Å². The summed E-state index contributed by atoms with van der Waals surface area (Å²) >= 11 is 0. The van der Waals surface area contributed by atoms with Gasteiger partial charge in [-0.1, -0.05) is 0 Å². The van der Waals surface area contributed by atoms with Crippen molar-refractivity contribution >= 4 is 17.3 Å². The number of hydrogen-bond acceptors (Lipinski definition) is 7. The molecule has 8 nitrogen and oxygen atoms in total. The molecule has 2 aromatic rings. The minimum atomic E-state index is -0.501. The van der Waals surface area contributed by atoms with E-state index in [1.54, 1.807) is 30.6 Å². The number of benzene rings is 1. The summed E-state index contributed by atoms with van der Waals surface area (Å²) in [4.78, 5) is 18.5. The van der Waals surface area contributed by atoms with Gasteiger partial charge in [-0.25, -0.2) is 9.97 Å². The number of nitrogens with one attached hydrogen (secondary N) is 2. The molecule has 1 aromatic carbocycles. The van der Waals surface area contributed by atoms with Crippen molar-refractivity contribution < 1.29 is 4.92 Å². The summed E-state index contributed by atoms with van der Waals surface area (Å²) in [5, 5.41) is 25.8. The average molecular weight is 298 g/mol. The lowest BCUT2D eigenvalue weighted by Crippen LogP contribution is -2.11. The molecule has 0 spiro atoms. The van der Waals surface area contributed by atoms with Crippen molar-refractivity contribution in [1.82, 2.24) is 9.97 Å². The first-order chi connectivity index (χ1) is 10.7. The van der Waals surface area contributed by atoms with Crippen LogP contribution in [0.2, 0.25) is 0 Å². The second-order valence-electron chi connectivity index (χ2n) is 4.38. The summed E-state index contributed by atoms with van der Waals surface area (Å²) in [7, 11) is 0. The number of nitrogens with zero attached hydrogens (tertiary/aromatic N) is 4. The zero-order chi connectivity index (χ0) is 15.8. The van der Waals surface area contributed by atoms with Gasteiger partial charge in [-0.05, 0) is 24.6 Å². The highest BCUT2D eigenvalue weighted by molar-refractivity contribution is 5.64. The third kappa shape index (κ3) is 4.14. The minimum Gasteiger partial charge on any atom is -0.379 e. The smallest absolute Gasteiger partial charge is 0.293 e. The maximum absolute atomic E-state index is 11.0. The van der Waals surface area contributed by atoms with Crippen LogP contribution in [0.1, 0.15) is 12.0 Å². The van der Waals surface area contributed by atoms with Gasteiger partial charge in [0.1, 0.15) is 5.69 Å². The fraction of sp³-hybridized carbons (Fsp3) is 0.214. The van der Waals surface area contributed by atoms with Gasteiger partial charge in [-0.3, -0.25) is 10.1 Å². The van der Waals surface area contributed by atoms with Crippen LogP contribution in [0.25, 0.3) is 0 Å². The number of nitro benzene ring substituents is 1. The lowest BCUT2D eigenvalue weighted by Gasteiger charge is -2.08. The maximum atomic E-state index is 11.0. The fourth-order valence-corrected chi connectivity index (χ4v) is 1.80. The highest BCUT2D eigenvalue weighted by Crippen LogP contribution is 2.25. The molecule has 2 N–H and O–H groups in total. The predicted octanol–water partition coefficient (Wildman–Crippen LogP) is 2.17. The molecule has 0 aliphatic rings. The number of nitriles is 1. The molecular weight excluding hydrogens is 284 g/mol. The summed E-state index contributed by atoms with van der Waals surface area (Å²) < 4.78 is 0. The van der Waals surface area contributed by atoms with E-state index in [1.165, 1.54) is 6.07 Å². The molecule has 0 fully saturated rings. The lowest BCUT2D eigenvalue weighted by atomic mass is 10.2. The zero-order valence-corrected chi connectivity index (χ0v) is 11.7. The molecule has 1 aromatic heterocycles. The Balaban J connectivity index is 1.84. The molecule has 0 atom stereocenters. The minimum absolute atomic E-state index is 0.0987. The van der Waals surface area contributed by atoms with Crippen LogP contribution < -0.4 is 10.6 Å². The number of nitro groups is 1. The highest BCUT2D eigenvalue weighted by Gasteiger charge is 2.14. The second-order valence-corrected chi connectivity index (χ2v) is 4.38. The summed E-state index contributed by atoms with van der Waals surface area (Å²) in [5.74, 6) is 0.548. The first kappa shape index (κ1) is 15.2. The third-order valence-corrected chi connectivity index (χ3v) is 2.84. The van der Waals surface area contributed by atoms with E-state index in [0.717, 1.165) is 6.42 Å². The SMILES string of the molecule is N#Cc1ccc(NCCCNc2ncccn2)c([N+](=O)[O-])c1. The fourth-order valence-electron chi connectivity index (χ4n) is 1.80. The Morgan fingerprint density at radius 2 is 1.95 bits per heavy atom. The van der Waals surface area contributed by atoms with Gasteiger partial charge >= 0.3 is 0 Å². The van der Waals surface area contributed by atoms with Gasteiger partial charge in [0.05, 0.1) is 16.6 Å². The van der Waals surface area contributed by atoms with Crippen LogP contribution in [0.15, 0.2) is 36.7 Å². The quantitative estimate of drug-likeness (QED) is 0.457. The summed E-state index contributed by atoms with van der Waals surface area (Å²) in [5.41, 5.74) is 0.568. The molecule has 8 heteroatoms. The summed E-state index contributed by atoms with van der Waals surface area (Å²) in [6.07, 6.45) is 4.02. The Hall–Kier alpha value is -3.21. The Morgan fingerprint density at radius 1 is 1.23 bits per heavy atom. The average Bonchev–Trinajstić information content (AvgIpc) is 2.55. The number of aromatic nitrogens is 2. The number of rotatable bonds is 7. The molecule has 0 saturated heterocycles. The van der Waals surface area contributed by atoms with Gasteiger partial charge in [-0.15, -0.1) is 0 Å². The molecule has 0 radical (unpaired) electrons. The summed E-state index contributed by atoms with van der Waals surface area (Å²) in [6.45, 7) is 1.19. The topological polar surface area (TPSA) is 117 Å². The van der Waals surface area contributed by atoms with Crippen molar-refractivity contribution in [1.29, 1.82) is 5.26 Å². The molecule has 0 unspecified atom stereocenters. The van der Waals surface area contributed by atoms with Crippen molar-refractivity contribution in [2.75, 3.05) is 23.7 Å². The molecule has 22 heavy (non-hydrogen) atoms. The number of anilines is 2. The normalized spacial score (nSPS) is 9.77. The van der Waals surface area contributed by atoms with E-state index in [4.69, 9.17) is 5.26 Å². The Bertz CT molecular complexity index is 683. The molecule has 0 aliphatic heterocycles. The van der Waals surface area contributed by atoms with Crippen molar-refractivity contribution in [3.63, 3.8) is 0 Å². The Morgan fingerprint density at radius 3 is 2.64 bits per heavy atom. The molecule has 0 amide bonds. The predicted molar refractivity (Wildman–Crippen MR) is 81.4 cm³/mol. The van der Waals surface area contributed by atoms with Crippen LogP contribution in [-0.4, -0.2) is 28.0 Å². The zero-order valence-electron chi connectivity index (χ0n) is 11.7. The first-order valence-corrected chi connectivity index (χ1v) is 6.64. The van der Waals surface area contributed by atoms with E-state index in [2.05, 4.69) is 20.6 Å². The van der Waals surface area contributed by atoms with E-state index < -0.39 is 4.92 Å². The van der Waals surface area contributed by atoms with Crippen LogP contribution in [0.3, 0.4) is 0 Å². The Labute approximate surface area is 127 Å². The van der Waals surface area contributed by atoms with Crippen molar-refractivity contribution in [2.45, 2.75) is 6.42 Å². The van der Waals surface area contributed by atoms with E-state index in [1.807, 2.05) is 6.07 Å².